The summed E-state index contributed by atoms with van der Waals surface area (Å²) in [6.45, 7) is 7.09. The standard InChI is InChI=1S/C9H20N2O2/c1-4-10-6-5-8(13)11-9(2,3)7-12/h10,12H,4-7H2,1-3H3,(H,11,13). The van der Waals surface area contributed by atoms with E-state index in [9.17, 15) is 4.79 Å². The van der Waals surface area contributed by atoms with Gasteiger partial charge in [-0.05, 0) is 20.4 Å². The average molecular weight is 188 g/mol. The second-order valence-corrected chi connectivity index (χ2v) is 3.69. The number of rotatable bonds is 6. The number of amides is 1. The van der Waals surface area contributed by atoms with Crippen molar-refractivity contribution in [2.24, 2.45) is 0 Å². The Balaban J connectivity index is 3.62. The highest BCUT2D eigenvalue weighted by Gasteiger charge is 2.18. The van der Waals surface area contributed by atoms with Crippen molar-refractivity contribution >= 4 is 5.91 Å². The maximum atomic E-state index is 11.2. The van der Waals surface area contributed by atoms with Crippen LogP contribution in [0.2, 0.25) is 0 Å². The highest BCUT2D eigenvalue weighted by atomic mass is 16.3. The first-order chi connectivity index (χ1) is 6.02. The monoisotopic (exact) mass is 188 g/mol. The molecule has 0 spiro atoms. The first kappa shape index (κ1) is 12.4. The van der Waals surface area contributed by atoms with Gasteiger partial charge in [0.2, 0.25) is 5.91 Å². The summed E-state index contributed by atoms with van der Waals surface area (Å²) in [5.74, 6) is -0.0278. The van der Waals surface area contributed by atoms with Gasteiger partial charge in [0.1, 0.15) is 0 Å². The van der Waals surface area contributed by atoms with Crippen LogP contribution >= 0.6 is 0 Å². The van der Waals surface area contributed by atoms with Gasteiger partial charge in [-0.25, -0.2) is 0 Å². The smallest absolute Gasteiger partial charge is 0.221 e. The summed E-state index contributed by atoms with van der Waals surface area (Å²) in [5.41, 5.74) is -0.511. The molecule has 0 aromatic carbocycles. The minimum Gasteiger partial charge on any atom is -0.394 e. The lowest BCUT2D eigenvalue weighted by atomic mass is 10.1. The molecular weight excluding hydrogens is 168 g/mol. The first-order valence-corrected chi connectivity index (χ1v) is 4.64. The zero-order valence-corrected chi connectivity index (χ0v) is 8.68. The quantitative estimate of drug-likeness (QED) is 0.509. The summed E-state index contributed by atoms with van der Waals surface area (Å²) in [5, 5.41) is 14.7. The number of carbonyl (C=O) groups excluding carboxylic acids is 1. The first-order valence-electron chi connectivity index (χ1n) is 4.64. The predicted molar refractivity (Wildman–Crippen MR) is 52.5 cm³/mol. The molecule has 4 nitrogen and oxygen atoms in total. The van der Waals surface area contributed by atoms with Gasteiger partial charge in [0, 0.05) is 13.0 Å². The molecular formula is C9H20N2O2. The molecule has 0 aliphatic heterocycles. The Labute approximate surface area is 79.7 Å². The van der Waals surface area contributed by atoms with Gasteiger partial charge < -0.3 is 15.7 Å². The molecule has 0 rings (SSSR count). The van der Waals surface area contributed by atoms with E-state index in [1.54, 1.807) is 13.8 Å². The van der Waals surface area contributed by atoms with E-state index < -0.39 is 5.54 Å². The van der Waals surface area contributed by atoms with Gasteiger partial charge >= 0.3 is 0 Å². The van der Waals surface area contributed by atoms with Crippen LogP contribution in [0, 0.1) is 0 Å². The third-order valence-electron chi connectivity index (χ3n) is 1.65. The summed E-state index contributed by atoms with van der Waals surface area (Å²) in [6, 6.07) is 0. The van der Waals surface area contributed by atoms with Crippen LogP contribution in [0.1, 0.15) is 27.2 Å². The molecule has 0 aliphatic carbocycles. The maximum absolute atomic E-state index is 11.2. The zero-order valence-electron chi connectivity index (χ0n) is 8.68. The van der Waals surface area contributed by atoms with Crippen LogP contribution in [0.15, 0.2) is 0 Å². The van der Waals surface area contributed by atoms with Gasteiger partial charge in [-0.15, -0.1) is 0 Å². The zero-order chi connectivity index (χ0) is 10.3. The summed E-state index contributed by atoms with van der Waals surface area (Å²) in [4.78, 5) is 11.2. The Hall–Kier alpha value is -0.610. The third kappa shape index (κ3) is 6.54. The minimum atomic E-state index is -0.511. The van der Waals surface area contributed by atoms with Crippen LogP contribution in [0.25, 0.3) is 0 Å². The Bertz CT molecular complexity index is 158. The molecule has 0 unspecified atom stereocenters. The van der Waals surface area contributed by atoms with Crippen LogP contribution in [-0.2, 0) is 4.79 Å². The average Bonchev–Trinajstić information content (AvgIpc) is 2.04. The molecule has 4 heteroatoms. The summed E-state index contributed by atoms with van der Waals surface area (Å²) >= 11 is 0. The molecule has 1 amide bonds. The Kier molecular flexibility index (Phi) is 5.66. The lowest BCUT2D eigenvalue weighted by molar-refractivity contribution is -0.123. The van der Waals surface area contributed by atoms with Crippen molar-refractivity contribution in [2.45, 2.75) is 32.7 Å². The topological polar surface area (TPSA) is 61.4 Å². The molecule has 78 valence electrons. The third-order valence-corrected chi connectivity index (χ3v) is 1.65. The Morgan fingerprint density at radius 3 is 2.54 bits per heavy atom. The second kappa shape index (κ2) is 5.94. The van der Waals surface area contributed by atoms with Gasteiger partial charge in [-0.3, -0.25) is 4.79 Å². The molecule has 0 heterocycles. The van der Waals surface area contributed by atoms with Crippen LogP contribution in [0.5, 0.6) is 0 Å². The van der Waals surface area contributed by atoms with E-state index in [2.05, 4.69) is 10.6 Å². The molecule has 0 atom stereocenters. The molecule has 0 saturated carbocycles. The van der Waals surface area contributed by atoms with Gasteiger partial charge in [0.25, 0.3) is 0 Å². The second-order valence-electron chi connectivity index (χ2n) is 3.69. The fourth-order valence-corrected chi connectivity index (χ4v) is 0.858. The van der Waals surface area contributed by atoms with Gasteiger partial charge in [0.15, 0.2) is 0 Å². The SMILES string of the molecule is CCNCCC(=O)NC(C)(C)CO. The number of hydrogen-bond donors (Lipinski definition) is 3. The van der Waals surface area contributed by atoms with Crippen LogP contribution in [-0.4, -0.2) is 36.2 Å². The van der Waals surface area contributed by atoms with Gasteiger partial charge in [-0.2, -0.15) is 0 Å². The van der Waals surface area contributed by atoms with Gasteiger partial charge in [0.05, 0.1) is 12.1 Å². The van der Waals surface area contributed by atoms with Crippen LogP contribution in [0.4, 0.5) is 0 Å². The normalized spacial score (nSPS) is 11.4. The Morgan fingerprint density at radius 1 is 1.46 bits per heavy atom. The van der Waals surface area contributed by atoms with Crippen LogP contribution < -0.4 is 10.6 Å². The van der Waals surface area contributed by atoms with E-state index in [4.69, 9.17) is 5.11 Å². The molecule has 0 aromatic heterocycles. The number of aliphatic hydroxyl groups excluding tert-OH is 1. The van der Waals surface area contributed by atoms with Crippen molar-refractivity contribution in [1.29, 1.82) is 0 Å². The fourth-order valence-electron chi connectivity index (χ4n) is 0.858. The van der Waals surface area contributed by atoms with Crippen molar-refractivity contribution in [3.63, 3.8) is 0 Å². The number of hydrogen-bond acceptors (Lipinski definition) is 3. The number of carbonyl (C=O) groups is 1. The maximum Gasteiger partial charge on any atom is 0.221 e. The van der Waals surface area contributed by atoms with E-state index in [1.807, 2.05) is 6.92 Å². The lowest BCUT2D eigenvalue weighted by Gasteiger charge is -2.23. The molecule has 0 aliphatic rings. The molecule has 0 radical (unpaired) electrons. The number of aliphatic hydroxyl groups is 1. The highest BCUT2D eigenvalue weighted by Crippen LogP contribution is 1.99. The van der Waals surface area contributed by atoms with Gasteiger partial charge in [-0.1, -0.05) is 6.92 Å². The molecule has 0 bridgehead atoms. The van der Waals surface area contributed by atoms with E-state index >= 15 is 0 Å². The van der Waals surface area contributed by atoms with E-state index in [0.29, 0.717) is 13.0 Å². The van der Waals surface area contributed by atoms with Crippen LogP contribution in [0.3, 0.4) is 0 Å². The van der Waals surface area contributed by atoms with E-state index in [0.717, 1.165) is 6.54 Å². The highest BCUT2D eigenvalue weighted by molar-refractivity contribution is 5.76. The summed E-state index contributed by atoms with van der Waals surface area (Å²) in [7, 11) is 0. The van der Waals surface area contributed by atoms with Crippen molar-refractivity contribution in [3.8, 4) is 0 Å². The lowest BCUT2D eigenvalue weighted by Crippen LogP contribution is -2.46. The fraction of sp³-hybridized carbons (Fsp3) is 0.889. The van der Waals surface area contributed by atoms with E-state index in [-0.39, 0.29) is 12.5 Å². The summed E-state index contributed by atoms with van der Waals surface area (Å²) in [6.07, 6.45) is 0.456. The molecule has 0 aromatic rings. The summed E-state index contributed by atoms with van der Waals surface area (Å²) < 4.78 is 0. The van der Waals surface area contributed by atoms with Crippen molar-refractivity contribution in [3.05, 3.63) is 0 Å². The largest absolute Gasteiger partial charge is 0.394 e. The minimum absolute atomic E-state index is 0.0278. The van der Waals surface area contributed by atoms with Crippen molar-refractivity contribution in [1.82, 2.24) is 10.6 Å². The van der Waals surface area contributed by atoms with Crippen molar-refractivity contribution in [2.75, 3.05) is 19.7 Å². The van der Waals surface area contributed by atoms with E-state index in [1.165, 1.54) is 0 Å². The molecule has 0 fully saturated rings. The molecule has 13 heavy (non-hydrogen) atoms. The molecule has 0 saturated heterocycles. The molecule has 3 N–H and O–H groups in total. The van der Waals surface area contributed by atoms with Crippen molar-refractivity contribution < 1.29 is 9.90 Å². The Morgan fingerprint density at radius 2 is 2.08 bits per heavy atom. The predicted octanol–water partition coefficient (Wildman–Crippen LogP) is -0.127. The number of nitrogens with one attached hydrogen (secondary N) is 2.